The molecule has 0 atom stereocenters. The summed E-state index contributed by atoms with van der Waals surface area (Å²) in [5.41, 5.74) is 3.24. The molecule has 0 N–H and O–H groups in total. The smallest absolute Gasteiger partial charge is 0.197 e. The number of ketones is 3. The summed E-state index contributed by atoms with van der Waals surface area (Å²) in [4.78, 5) is 38.1. The molecule has 0 radical (unpaired) electrons. The van der Waals surface area contributed by atoms with Gasteiger partial charge in [0, 0.05) is 22.3 Å². The van der Waals surface area contributed by atoms with Crippen molar-refractivity contribution in [3.63, 3.8) is 0 Å². The number of carbonyl (C=O) groups excluding carboxylic acids is 3. The Bertz CT molecular complexity index is 1410. The molecule has 0 unspecified atom stereocenters. The van der Waals surface area contributed by atoms with Gasteiger partial charge in [-0.15, -0.1) is 0 Å². The topological polar surface area (TPSA) is 74.3 Å². The number of hydrogen-bond acceptors (Lipinski definition) is 4. The van der Waals surface area contributed by atoms with Crippen molar-refractivity contribution in [1.29, 1.82) is 0 Å². The Morgan fingerprint density at radius 2 is 1.15 bits per heavy atom. The van der Waals surface area contributed by atoms with Crippen LogP contribution < -0.4 is 5.11 Å². The summed E-state index contributed by atoms with van der Waals surface area (Å²) < 4.78 is 0. The summed E-state index contributed by atoms with van der Waals surface area (Å²) in [6, 6.07) is 22.8. The van der Waals surface area contributed by atoms with Gasteiger partial charge in [-0.3, -0.25) is 14.4 Å². The molecule has 0 amide bonds. The Kier molecular flexibility index (Phi) is 5.04. The second-order valence-electron chi connectivity index (χ2n) is 7.72. The van der Waals surface area contributed by atoms with E-state index < -0.39 is 0 Å². The number of hydrogen-bond donors (Lipinski definition) is 0. The van der Waals surface area contributed by atoms with Gasteiger partial charge < -0.3 is 5.11 Å². The standard InChI is InChI=1S/C29H18O4/c30-26-20-10-4-5-11-21(20)27(31)24(26)16-14-19(18-8-2-1-3-9-18)15-17-25-28(32)22-12-6-7-13-23(22)29(25)33/h1-17,30H/p-1/b16-14+,19-15-. The molecule has 3 aromatic rings. The molecular weight excluding hydrogens is 412 g/mol. The zero-order valence-electron chi connectivity index (χ0n) is 17.4. The van der Waals surface area contributed by atoms with Gasteiger partial charge in [-0.2, -0.15) is 0 Å². The quantitative estimate of drug-likeness (QED) is 0.345. The van der Waals surface area contributed by atoms with Gasteiger partial charge in [0.25, 0.3) is 0 Å². The minimum absolute atomic E-state index is 0.0890. The van der Waals surface area contributed by atoms with Crippen LogP contribution in [0.5, 0.6) is 0 Å². The van der Waals surface area contributed by atoms with Crippen LogP contribution in [-0.2, 0) is 0 Å². The fourth-order valence-corrected chi connectivity index (χ4v) is 4.07. The predicted octanol–water partition coefficient (Wildman–Crippen LogP) is 4.60. The zero-order chi connectivity index (χ0) is 22.9. The highest BCUT2D eigenvalue weighted by Crippen LogP contribution is 2.31. The molecule has 0 saturated carbocycles. The number of Topliss-reactive ketones (excluding diaryl/α,β-unsaturated/α-hetero) is 3. The van der Waals surface area contributed by atoms with E-state index in [1.165, 1.54) is 12.2 Å². The molecule has 0 heterocycles. The molecule has 4 nitrogen and oxygen atoms in total. The normalized spacial score (nSPS) is 15.5. The van der Waals surface area contributed by atoms with Gasteiger partial charge in [-0.1, -0.05) is 103 Å². The minimum atomic E-state index is -0.311. The Morgan fingerprint density at radius 1 is 0.636 bits per heavy atom. The van der Waals surface area contributed by atoms with Crippen molar-refractivity contribution in [3.8, 4) is 0 Å². The van der Waals surface area contributed by atoms with Crippen molar-refractivity contribution in [2.75, 3.05) is 0 Å². The predicted molar refractivity (Wildman–Crippen MR) is 124 cm³/mol. The van der Waals surface area contributed by atoms with Crippen LogP contribution >= 0.6 is 0 Å². The van der Waals surface area contributed by atoms with E-state index in [2.05, 4.69) is 0 Å². The first-order valence-corrected chi connectivity index (χ1v) is 10.5. The number of rotatable bonds is 4. The molecule has 33 heavy (non-hydrogen) atoms. The summed E-state index contributed by atoms with van der Waals surface area (Å²) in [7, 11) is 0. The average molecular weight is 429 g/mol. The van der Waals surface area contributed by atoms with Crippen LogP contribution in [0.15, 0.2) is 114 Å². The summed E-state index contributed by atoms with van der Waals surface area (Å²) in [6.45, 7) is 0. The molecule has 0 aromatic heterocycles. The van der Waals surface area contributed by atoms with Crippen molar-refractivity contribution in [3.05, 3.63) is 142 Å². The van der Waals surface area contributed by atoms with E-state index in [4.69, 9.17) is 0 Å². The molecule has 0 bridgehead atoms. The number of carbonyl (C=O) groups is 3. The zero-order valence-corrected chi connectivity index (χ0v) is 17.4. The van der Waals surface area contributed by atoms with Crippen molar-refractivity contribution in [2.45, 2.75) is 0 Å². The Morgan fingerprint density at radius 3 is 1.73 bits per heavy atom. The monoisotopic (exact) mass is 429 g/mol. The fraction of sp³-hybridized carbons (Fsp3) is 0. The van der Waals surface area contributed by atoms with E-state index in [1.54, 1.807) is 60.7 Å². The third kappa shape index (κ3) is 3.48. The number of fused-ring (bicyclic) bond motifs is 2. The van der Waals surface area contributed by atoms with Gasteiger partial charge in [0.15, 0.2) is 17.3 Å². The lowest BCUT2D eigenvalue weighted by molar-refractivity contribution is -0.244. The average Bonchev–Trinajstić information content (AvgIpc) is 3.25. The fourth-order valence-electron chi connectivity index (χ4n) is 4.07. The van der Waals surface area contributed by atoms with Crippen LogP contribution in [0, 0.1) is 0 Å². The summed E-state index contributed by atoms with van der Waals surface area (Å²) in [6.07, 6.45) is 6.35. The van der Waals surface area contributed by atoms with E-state index in [1.807, 2.05) is 30.3 Å². The van der Waals surface area contributed by atoms with Gasteiger partial charge in [-0.25, -0.2) is 0 Å². The van der Waals surface area contributed by atoms with E-state index >= 15 is 0 Å². The molecule has 5 rings (SSSR count). The first-order valence-electron chi connectivity index (χ1n) is 10.5. The highest BCUT2D eigenvalue weighted by molar-refractivity contribution is 6.39. The Balaban J connectivity index is 1.54. The second kappa shape index (κ2) is 8.17. The Labute approximate surface area is 190 Å². The van der Waals surface area contributed by atoms with Gasteiger partial charge in [0.1, 0.15) is 0 Å². The van der Waals surface area contributed by atoms with Gasteiger partial charge in [0.05, 0.1) is 5.57 Å². The van der Waals surface area contributed by atoms with E-state index in [0.29, 0.717) is 27.8 Å². The molecule has 0 spiro atoms. The lowest BCUT2D eigenvalue weighted by Crippen LogP contribution is -2.02. The van der Waals surface area contributed by atoms with Crippen LogP contribution in [0.2, 0.25) is 0 Å². The molecule has 158 valence electrons. The number of benzene rings is 3. The van der Waals surface area contributed by atoms with Gasteiger partial charge in [0.2, 0.25) is 0 Å². The molecular formula is C29H17O4-. The lowest BCUT2D eigenvalue weighted by atomic mass is 10.0. The molecule has 3 aromatic carbocycles. The number of allylic oxidation sites excluding steroid dienone is 7. The highest BCUT2D eigenvalue weighted by Gasteiger charge is 2.32. The van der Waals surface area contributed by atoms with Gasteiger partial charge in [-0.05, 0) is 22.8 Å². The summed E-state index contributed by atoms with van der Waals surface area (Å²) in [5, 5.41) is 12.7. The first-order chi connectivity index (χ1) is 16.1. The van der Waals surface area contributed by atoms with E-state index in [9.17, 15) is 19.5 Å². The minimum Gasteiger partial charge on any atom is -0.872 e. The largest absolute Gasteiger partial charge is 0.872 e. The lowest BCUT2D eigenvalue weighted by Gasteiger charge is -2.09. The van der Waals surface area contributed by atoms with Crippen LogP contribution in [0.3, 0.4) is 0 Å². The Hall–Kier alpha value is -4.57. The maximum Gasteiger partial charge on any atom is 0.197 e. The first kappa shape index (κ1) is 20.3. The molecule has 0 aliphatic heterocycles. The highest BCUT2D eigenvalue weighted by atomic mass is 16.3. The van der Waals surface area contributed by atoms with Crippen LogP contribution in [0.25, 0.3) is 11.3 Å². The molecule has 0 fully saturated rings. The maximum atomic E-state index is 12.7. The summed E-state index contributed by atoms with van der Waals surface area (Å²) >= 11 is 0. The van der Waals surface area contributed by atoms with Crippen LogP contribution in [0.1, 0.15) is 42.2 Å². The molecule has 0 saturated heterocycles. The molecule has 4 heteroatoms. The maximum absolute atomic E-state index is 12.7. The van der Waals surface area contributed by atoms with Crippen molar-refractivity contribution >= 4 is 28.7 Å². The summed E-state index contributed by atoms with van der Waals surface area (Å²) in [5.74, 6) is -1.24. The van der Waals surface area contributed by atoms with Crippen LogP contribution in [-0.4, -0.2) is 17.3 Å². The van der Waals surface area contributed by atoms with Crippen LogP contribution in [0.4, 0.5) is 0 Å². The SMILES string of the molecule is O=C1C(=C/C=C(/C=C/C2=C([O-])c3ccccc3C2=O)c2ccccc2)C(=O)c2ccccc21. The van der Waals surface area contributed by atoms with Crippen molar-refractivity contribution < 1.29 is 19.5 Å². The van der Waals surface area contributed by atoms with Gasteiger partial charge >= 0.3 is 0 Å². The second-order valence-corrected chi connectivity index (χ2v) is 7.72. The van der Waals surface area contributed by atoms with E-state index in [0.717, 1.165) is 5.56 Å². The van der Waals surface area contributed by atoms with E-state index in [-0.39, 0.29) is 34.3 Å². The molecule has 2 aliphatic rings. The third-order valence-electron chi connectivity index (χ3n) is 5.78. The third-order valence-corrected chi connectivity index (χ3v) is 5.78. The molecule has 2 aliphatic carbocycles. The van der Waals surface area contributed by atoms with Crippen molar-refractivity contribution in [1.82, 2.24) is 0 Å². The van der Waals surface area contributed by atoms with Crippen molar-refractivity contribution in [2.24, 2.45) is 0 Å².